The number of rotatable bonds is 4. The number of amides is 1. The maximum Gasteiger partial charge on any atom is 0.217 e. The van der Waals surface area contributed by atoms with E-state index in [0.29, 0.717) is 18.4 Å². The second kappa shape index (κ2) is 6.12. The molecule has 1 aliphatic rings. The lowest BCUT2D eigenvalue weighted by Gasteiger charge is -2.28. The van der Waals surface area contributed by atoms with Crippen LogP contribution < -0.4 is 11.1 Å². The molecule has 0 saturated heterocycles. The third-order valence-electron chi connectivity index (χ3n) is 4.29. The highest BCUT2D eigenvalue weighted by Crippen LogP contribution is 2.28. The molecular weight excluding hydrogens is 262 g/mol. The van der Waals surface area contributed by atoms with Gasteiger partial charge in [-0.3, -0.25) is 4.79 Å². The molecule has 0 atom stereocenters. The highest BCUT2D eigenvalue weighted by Gasteiger charge is 2.22. The number of primary amides is 1. The van der Waals surface area contributed by atoms with Crippen LogP contribution in [0.15, 0.2) is 36.4 Å². The second-order valence-electron chi connectivity index (χ2n) is 5.92. The summed E-state index contributed by atoms with van der Waals surface area (Å²) in [5, 5.41) is 4.68. The van der Waals surface area contributed by atoms with Crippen molar-refractivity contribution in [3.63, 3.8) is 0 Å². The number of fused-ring (bicyclic) bond motifs is 1. The third-order valence-corrected chi connectivity index (χ3v) is 4.29. The Morgan fingerprint density at radius 1 is 1.14 bits per heavy atom. The van der Waals surface area contributed by atoms with E-state index in [1.54, 1.807) is 0 Å². The van der Waals surface area contributed by atoms with Crippen molar-refractivity contribution >= 4 is 22.6 Å². The number of pyridine rings is 1. The van der Waals surface area contributed by atoms with Gasteiger partial charge in [0.15, 0.2) is 0 Å². The van der Waals surface area contributed by atoms with Crippen LogP contribution >= 0.6 is 0 Å². The van der Waals surface area contributed by atoms with Gasteiger partial charge in [0.05, 0.1) is 5.52 Å². The minimum Gasteiger partial charge on any atom is -0.370 e. The molecule has 0 spiro atoms. The molecule has 1 aromatic carbocycles. The van der Waals surface area contributed by atoms with Crippen molar-refractivity contribution in [2.45, 2.75) is 38.1 Å². The number of hydrogen-bond acceptors (Lipinski definition) is 3. The average molecular weight is 283 g/mol. The molecule has 0 unspecified atom stereocenters. The van der Waals surface area contributed by atoms with Gasteiger partial charge in [-0.2, -0.15) is 0 Å². The highest BCUT2D eigenvalue weighted by molar-refractivity contribution is 5.80. The number of carbonyl (C=O) groups is 1. The van der Waals surface area contributed by atoms with Gasteiger partial charge in [0.1, 0.15) is 5.82 Å². The SMILES string of the molecule is NC(=O)CC1CCC(Nc2ccc3ccccc3n2)CC1. The molecule has 2 aromatic rings. The van der Waals surface area contributed by atoms with E-state index in [0.717, 1.165) is 42.4 Å². The van der Waals surface area contributed by atoms with Gasteiger partial charge in [0, 0.05) is 17.8 Å². The number of carbonyl (C=O) groups excluding carboxylic acids is 1. The Bertz CT molecular complexity index is 633. The van der Waals surface area contributed by atoms with Crippen molar-refractivity contribution in [3.8, 4) is 0 Å². The number of nitrogens with one attached hydrogen (secondary N) is 1. The minimum absolute atomic E-state index is 0.178. The van der Waals surface area contributed by atoms with Crippen LogP contribution in [0.1, 0.15) is 32.1 Å². The fourth-order valence-corrected chi connectivity index (χ4v) is 3.15. The Morgan fingerprint density at radius 3 is 2.67 bits per heavy atom. The summed E-state index contributed by atoms with van der Waals surface area (Å²) in [6.07, 6.45) is 4.81. The summed E-state index contributed by atoms with van der Waals surface area (Å²) in [4.78, 5) is 15.6. The first-order valence-electron chi connectivity index (χ1n) is 7.61. The van der Waals surface area contributed by atoms with Gasteiger partial charge >= 0.3 is 0 Å². The summed E-state index contributed by atoms with van der Waals surface area (Å²) in [5.74, 6) is 1.22. The van der Waals surface area contributed by atoms with Gasteiger partial charge < -0.3 is 11.1 Å². The zero-order valence-electron chi connectivity index (χ0n) is 12.1. The molecule has 3 rings (SSSR count). The summed E-state index contributed by atoms with van der Waals surface area (Å²) in [5.41, 5.74) is 6.29. The summed E-state index contributed by atoms with van der Waals surface area (Å²) in [6.45, 7) is 0. The average Bonchev–Trinajstić information content (AvgIpc) is 2.49. The van der Waals surface area contributed by atoms with Crippen LogP contribution in [0.2, 0.25) is 0 Å². The summed E-state index contributed by atoms with van der Waals surface area (Å²) in [6, 6.07) is 12.7. The first kappa shape index (κ1) is 13.9. The second-order valence-corrected chi connectivity index (χ2v) is 5.92. The fraction of sp³-hybridized carbons (Fsp3) is 0.412. The van der Waals surface area contributed by atoms with Gasteiger partial charge in [-0.05, 0) is 49.8 Å². The molecule has 3 N–H and O–H groups in total. The van der Waals surface area contributed by atoms with E-state index in [-0.39, 0.29) is 5.91 Å². The van der Waals surface area contributed by atoms with Crippen molar-refractivity contribution in [2.75, 3.05) is 5.32 Å². The predicted molar refractivity (Wildman–Crippen MR) is 84.9 cm³/mol. The first-order valence-corrected chi connectivity index (χ1v) is 7.61. The largest absolute Gasteiger partial charge is 0.370 e. The Labute approximate surface area is 124 Å². The van der Waals surface area contributed by atoms with E-state index < -0.39 is 0 Å². The summed E-state index contributed by atoms with van der Waals surface area (Å²) >= 11 is 0. The van der Waals surface area contributed by atoms with Crippen molar-refractivity contribution in [1.29, 1.82) is 0 Å². The molecule has 0 radical (unpaired) electrons. The van der Waals surface area contributed by atoms with Crippen LogP contribution in [0, 0.1) is 5.92 Å². The molecule has 1 fully saturated rings. The predicted octanol–water partition coefficient (Wildman–Crippen LogP) is 3.08. The smallest absolute Gasteiger partial charge is 0.217 e. The molecule has 1 aliphatic carbocycles. The molecule has 1 heterocycles. The zero-order chi connectivity index (χ0) is 14.7. The van der Waals surface area contributed by atoms with Crippen LogP contribution in [-0.4, -0.2) is 16.9 Å². The Balaban J connectivity index is 1.60. The molecule has 4 heteroatoms. The van der Waals surface area contributed by atoms with Crippen molar-refractivity contribution in [1.82, 2.24) is 4.98 Å². The maximum atomic E-state index is 11.0. The van der Waals surface area contributed by atoms with E-state index >= 15 is 0 Å². The lowest BCUT2D eigenvalue weighted by atomic mass is 9.84. The number of nitrogens with two attached hydrogens (primary N) is 1. The van der Waals surface area contributed by atoms with Crippen LogP contribution in [0.5, 0.6) is 0 Å². The monoisotopic (exact) mass is 283 g/mol. The zero-order valence-corrected chi connectivity index (χ0v) is 12.1. The maximum absolute atomic E-state index is 11.0. The number of para-hydroxylation sites is 1. The van der Waals surface area contributed by atoms with E-state index in [1.807, 2.05) is 24.3 Å². The summed E-state index contributed by atoms with van der Waals surface area (Å²) < 4.78 is 0. The van der Waals surface area contributed by atoms with Crippen molar-refractivity contribution < 1.29 is 4.79 Å². The first-order chi connectivity index (χ1) is 10.2. The van der Waals surface area contributed by atoms with E-state index in [1.165, 1.54) is 0 Å². The lowest BCUT2D eigenvalue weighted by molar-refractivity contribution is -0.119. The Kier molecular flexibility index (Phi) is 4.04. The standard InChI is InChI=1S/C17H21N3O/c18-16(21)11-12-5-8-14(9-6-12)19-17-10-7-13-3-1-2-4-15(13)20-17/h1-4,7,10,12,14H,5-6,8-9,11H2,(H2,18,21)(H,19,20). The number of anilines is 1. The quantitative estimate of drug-likeness (QED) is 0.906. The molecule has 21 heavy (non-hydrogen) atoms. The molecule has 1 saturated carbocycles. The topological polar surface area (TPSA) is 68.0 Å². The van der Waals surface area contributed by atoms with Gasteiger partial charge in [-0.1, -0.05) is 18.2 Å². The van der Waals surface area contributed by atoms with Crippen molar-refractivity contribution in [2.24, 2.45) is 11.7 Å². The van der Waals surface area contributed by atoms with E-state index in [4.69, 9.17) is 5.73 Å². The van der Waals surface area contributed by atoms with Gasteiger partial charge in [-0.15, -0.1) is 0 Å². The number of hydrogen-bond donors (Lipinski definition) is 2. The molecule has 4 nitrogen and oxygen atoms in total. The van der Waals surface area contributed by atoms with Gasteiger partial charge in [0.2, 0.25) is 5.91 Å². The van der Waals surface area contributed by atoms with Crippen molar-refractivity contribution in [3.05, 3.63) is 36.4 Å². The molecule has 1 amide bonds. The van der Waals surface area contributed by atoms with Crippen LogP contribution in [0.3, 0.4) is 0 Å². The molecule has 1 aromatic heterocycles. The van der Waals surface area contributed by atoms with Crippen LogP contribution in [0.4, 0.5) is 5.82 Å². The normalized spacial score (nSPS) is 22.1. The van der Waals surface area contributed by atoms with E-state index in [9.17, 15) is 4.79 Å². The Morgan fingerprint density at radius 2 is 1.90 bits per heavy atom. The third kappa shape index (κ3) is 3.51. The van der Waals surface area contributed by atoms with Gasteiger partial charge in [0.25, 0.3) is 0 Å². The number of nitrogens with zero attached hydrogens (tertiary/aromatic N) is 1. The van der Waals surface area contributed by atoms with E-state index in [2.05, 4.69) is 22.4 Å². The lowest BCUT2D eigenvalue weighted by Crippen LogP contribution is -2.28. The number of aromatic nitrogens is 1. The molecule has 0 aliphatic heterocycles. The summed E-state index contributed by atoms with van der Waals surface area (Å²) in [7, 11) is 0. The number of benzene rings is 1. The molecule has 110 valence electrons. The van der Waals surface area contributed by atoms with Crippen LogP contribution in [-0.2, 0) is 4.79 Å². The molecule has 0 bridgehead atoms. The van der Waals surface area contributed by atoms with Crippen LogP contribution in [0.25, 0.3) is 10.9 Å². The molecular formula is C17H21N3O. The Hall–Kier alpha value is -2.10. The minimum atomic E-state index is -0.178. The van der Waals surface area contributed by atoms with Gasteiger partial charge in [-0.25, -0.2) is 4.98 Å². The fourth-order valence-electron chi connectivity index (χ4n) is 3.15. The highest BCUT2D eigenvalue weighted by atomic mass is 16.1.